The fourth-order valence-electron chi connectivity index (χ4n) is 3.02. The van der Waals surface area contributed by atoms with Gasteiger partial charge in [0.1, 0.15) is 0 Å². The predicted octanol–water partition coefficient (Wildman–Crippen LogP) is 10.7. The minimum atomic E-state index is 0.548. The number of aryl methyl sites for hydroxylation is 2. The van der Waals surface area contributed by atoms with E-state index >= 15 is 0 Å². The molecule has 192 valence electrons. The zero-order chi connectivity index (χ0) is 26.4. The maximum Gasteiger partial charge on any atom is 0.0929 e. The minimum absolute atomic E-state index is 0.548. The molecular weight excluding hydrogens is 579 g/mol. The van der Waals surface area contributed by atoms with Gasteiger partial charge in [-0.1, -0.05) is 69.2 Å². The van der Waals surface area contributed by atoms with Crippen molar-refractivity contribution < 1.29 is 0 Å². The molecule has 2 aromatic rings. The monoisotopic (exact) mass is 622 g/mol. The van der Waals surface area contributed by atoms with Crippen LogP contribution >= 0.6 is 45.3 Å². The maximum absolute atomic E-state index is 4.57. The zero-order valence-electron chi connectivity index (χ0n) is 22.8. The number of nitrogens with zero attached hydrogens (tertiary/aromatic N) is 2. The smallest absolute Gasteiger partial charge is 0.0929 e. The van der Waals surface area contributed by atoms with Gasteiger partial charge in [0.05, 0.1) is 21.4 Å². The third-order valence-corrected chi connectivity index (χ3v) is 8.38. The van der Waals surface area contributed by atoms with Crippen molar-refractivity contribution in [3.8, 4) is 0 Å². The second kappa shape index (κ2) is 17.2. The van der Waals surface area contributed by atoms with Crippen LogP contribution in [0.5, 0.6) is 0 Å². The molecule has 0 aromatic carbocycles. The Morgan fingerprint density at radius 3 is 1.63 bits per heavy atom. The number of thiazole rings is 2. The molecule has 2 nitrogen and oxygen atoms in total. The van der Waals surface area contributed by atoms with Crippen molar-refractivity contribution in [1.29, 1.82) is 0 Å². The van der Waals surface area contributed by atoms with Gasteiger partial charge in [0.25, 0.3) is 0 Å². The van der Waals surface area contributed by atoms with Crippen LogP contribution in [0.2, 0.25) is 0 Å². The second-order valence-electron chi connectivity index (χ2n) is 9.03. The second-order valence-corrected chi connectivity index (χ2v) is 12.6. The molecule has 0 saturated heterocycles. The molecular formula is C30H43IN2S2. The molecule has 0 aliphatic rings. The number of halogens is 1. The van der Waals surface area contributed by atoms with E-state index < -0.39 is 0 Å². The highest BCUT2D eigenvalue weighted by Gasteiger charge is 2.05. The molecule has 2 heterocycles. The first-order valence-corrected chi connectivity index (χ1v) is 15.3. The van der Waals surface area contributed by atoms with Crippen molar-refractivity contribution >= 4 is 57.4 Å². The Bertz CT molecular complexity index is 1030. The Kier molecular flexibility index (Phi) is 15.6. The molecule has 5 heteroatoms. The Labute approximate surface area is 236 Å². The highest BCUT2D eigenvalue weighted by Crippen LogP contribution is 2.22. The molecule has 0 bridgehead atoms. The van der Waals surface area contributed by atoms with Gasteiger partial charge < -0.3 is 0 Å². The lowest BCUT2D eigenvalue weighted by Gasteiger charge is -2.09. The summed E-state index contributed by atoms with van der Waals surface area (Å²) < 4.78 is 1.36. The molecule has 0 aliphatic heterocycles. The standard InChI is InChI=1S/C16H23NS.C14H20INS/c1-6-12(3)8-9-13(4)14(5)10-15-11-18-16(7-2)17-15;1-5-14-16-13(9-17-14)8-11(3)10(2)6-7-12(4)15/h6,8,10-11,13H,1,7,9H2,2-5H3;7-10H,5-6H2,1-4H3/b12-8-,14-10+;11-8+,12-7-/t13-;10-/m00/s1. The highest BCUT2D eigenvalue weighted by atomic mass is 127. The molecule has 0 aliphatic carbocycles. The minimum Gasteiger partial charge on any atom is -0.242 e. The van der Waals surface area contributed by atoms with E-state index in [4.69, 9.17) is 0 Å². The molecule has 35 heavy (non-hydrogen) atoms. The topological polar surface area (TPSA) is 25.8 Å². The molecule has 0 spiro atoms. The summed E-state index contributed by atoms with van der Waals surface area (Å²) in [6, 6.07) is 0. The number of allylic oxidation sites excluding steroid dienone is 7. The Morgan fingerprint density at radius 1 is 0.857 bits per heavy atom. The maximum atomic E-state index is 4.57. The lowest BCUT2D eigenvalue weighted by atomic mass is 9.97. The van der Waals surface area contributed by atoms with Crippen LogP contribution in [0.25, 0.3) is 12.2 Å². The van der Waals surface area contributed by atoms with E-state index in [9.17, 15) is 0 Å². The van der Waals surface area contributed by atoms with Crippen molar-refractivity contribution in [2.24, 2.45) is 11.8 Å². The van der Waals surface area contributed by atoms with Gasteiger partial charge in [0.2, 0.25) is 0 Å². The van der Waals surface area contributed by atoms with Gasteiger partial charge in [-0.2, -0.15) is 0 Å². The van der Waals surface area contributed by atoms with E-state index in [2.05, 4.69) is 130 Å². The number of hydrogen-bond acceptors (Lipinski definition) is 4. The number of rotatable bonds is 11. The third-order valence-electron chi connectivity index (χ3n) is 5.92. The Morgan fingerprint density at radius 2 is 1.29 bits per heavy atom. The van der Waals surface area contributed by atoms with E-state index in [1.807, 2.05) is 6.08 Å². The van der Waals surface area contributed by atoms with Crippen molar-refractivity contribution in [2.75, 3.05) is 0 Å². The van der Waals surface area contributed by atoms with E-state index in [-0.39, 0.29) is 0 Å². The van der Waals surface area contributed by atoms with Crippen molar-refractivity contribution in [2.45, 2.75) is 81.1 Å². The van der Waals surface area contributed by atoms with Gasteiger partial charge in [0, 0.05) is 10.8 Å². The van der Waals surface area contributed by atoms with Gasteiger partial charge >= 0.3 is 0 Å². The summed E-state index contributed by atoms with van der Waals surface area (Å²) in [5, 5.41) is 6.72. The molecule has 2 aromatic heterocycles. The summed E-state index contributed by atoms with van der Waals surface area (Å²) in [5.41, 5.74) is 6.26. The zero-order valence-corrected chi connectivity index (χ0v) is 26.6. The first-order chi connectivity index (χ1) is 16.6. The van der Waals surface area contributed by atoms with Crippen LogP contribution in [0.15, 0.2) is 55.9 Å². The summed E-state index contributed by atoms with van der Waals surface area (Å²) in [5.74, 6) is 1.14. The fraction of sp³-hybridized carbons (Fsp3) is 0.467. The summed E-state index contributed by atoms with van der Waals surface area (Å²) in [4.78, 5) is 9.14. The van der Waals surface area contributed by atoms with Gasteiger partial charge in [-0.15, -0.1) is 22.7 Å². The summed E-state index contributed by atoms with van der Waals surface area (Å²) in [6.45, 7) is 21.2. The quantitative estimate of drug-likeness (QED) is 0.184. The van der Waals surface area contributed by atoms with Crippen LogP contribution < -0.4 is 0 Å². The van der Waals surface area contributed by atoms with Crippen molar-refractivity contribution in [1.82, 2.24) is 9.97 Å². The normalized spacial score (nSPS) is 14.9. The number of hydrogen-bond donors (Lipinski definition) is 0. The summed E-state index contributed by atoms with van der Waals surface area (Å²) >= 11 is 5.86. The average molecular weight is 623 g/mol. The van der Waals surface area contributed by atoms with E-state index in [0.717, 1.165) is 37.1 Å². The average Bonchev–Trinajstić information content (AvgIpc) is 3.49. The van der Waals surface area contributed by atoms with Gasteiger partial charge in [0.15, 0.2) is 0 Å². The molecule has 0 unspecified atom stereocenters. The molecule has 0 saturated carbocycles. The fourth-order valence-corrected chi connectivity index (χ4v) is 4.67. The third kappa shape index (κ3) is 13.0. The SMILES string of the molecule is C=C/C(C)=C\C[C@H](C)/C(C)=C/c1csc(CC)n1.CCc1nc(/C=C(\C)[C@@H](C)C/C=C(/C)I)cs1. The Hall–Kier alpha value is -1.31. The summed E-state index contributed by atoms with van der Waals surface area (Å²) in [6.07, 6.45) is 15.1. The van der Waals surface area contributed by atoms with E-state index in [1.54, 1.807) is 22.7 Å². The highest BCUT2D eigenvalue weighted by molar-refractivity contribution is 14.1. The van der Waals surface area contributed by atoms with E-state index in [1.165, 1.54) is 30.3 Å². The first-order valence-electron chi connectivity index (χ1n) is 12.5. The molecule has 0 radical (unpaired) electrons. The van der Waals surface area contributed by atoms with Crippen LogP contribution in [-0.2, 0) is 12.8 Å². The molecule has 2 rings (SSSR count). The van der Waals surface area contributed by atoms with Crippen LogP contribution in [0.4, 0.5) is 0 Å². The van der Waals surface area contributed by atoms with Gasteiger partial charge in [-0.25, -0.2) is 9.97 Å². The molecule has 0 N–H and O–H groups in total. The largest absolute Gasteiger partial charge is 0.242 e. The lowest BCUT2D eigenvalue weighted by molar-refractivity contribution is 0.698. The van der Waals surface area contributed by atoms with Crippen LogP contribution in [0.3, 0.4) is 0 Å². The predicted molar refractivity (Wildman–Crippen MR) is 170 cm³/mol. The van der Waals surface area contributed by atoms with Crippen molar-refractivity contribution in [3.63, 3.8) is 0 Å². The van der Waals surface area contributed by atoms with Gasteiger partial charge in [-0.3, -0.25) is 0 Å². The van der Waals surface area contributed by atoms with E-state index in [0.29, 0.717) is 11.8 Å². The van der Waals surface area contributed by atoms with Crippen LogP contribution in [0, 0.1) is 11.8 Å². The first kappa shape index (κ1) is 31.7. The van der Waals surface area contributed by atoms with Gasteiger partial charge in [-0.05, 0) is 104 Å². The Balaban J connectivity index is 0.000000351. The molecule has 2 atom stereocenters. The number of aromatic nitrogens is 2. The molecule has 0 amide bonds. The van der Waals surface area contributed by atoms with Crippen LogP contribution in [0.1, 0.15) is 89.6 Å². The van der Waals surface area contributed by atoms with Crippen molar-refractivity contribution in [3.05, 3.63) is 77.3 Å². The molecule has 0 fully saturated rings. The van der Waals surface area contributed by atoms with Crippen LogP contribution in [-0.4, -0.2) is 9.97 Å². The summed E-state index contributed by atoms with van der Waals surface area (Å²) in [7, 11) is 0. The lowest BCUT2D eigenvalue weighted by Crippen LogP contribution is -1.95.